The summed E-state index contributed by atoms with van der Waals surface area (Å²) in [4.78, 5) is 8.75. The molecule has 4 aromatic rings. The maximum absolute atomic E-state index is 14.3. The van der Waals surface area contributed by atoms with Gasteiger partial charge in [-0.3, -0.25) is 14.5 Å². The van der Waals surface area contributed by atoms with E-state index in [2.05, 4.69) is 43.6 Å². The van der Waals surface area contributed by atoms with Gasteiger partial charge in [0.15, 0.2) is 11.0 Å². The molecule has 3 heterocycles. The third-order valence-corrected chi connectivity index (χ3v) is 8.36. The number of hydrogen-bond acceptors (Lipinski definition) is 10. The number of halogens is 2. The molecule has 0 amide bonds. The summed E-state index contributed by atoms with van der Waals surface area (Å²) in [6.45, 7) is 8.61. The number of nitrogen functional groups attached to an aromatic ring is 1. The SMILES string of the molecule is COc1ncc(-c2cc(N)c(C=N)c(-c3nnc(CN4CCN(C(C)C)CC4)o3)c2)cc1NS(=O)c1ccc(F)cc1F. The van der Waals surface area contributed by atoms with Crippen molar-refractivity contribution in [2.45, 2.75) is 31.3 Å². The van der Waals surface area contributed by atoms with Crippen LogP contribution in [0.15, 0.2) is 51.9 Å². The summed E-state index contributed by atoms with van der Waals surface area (Å²) in [6, 6.07) is 8.32. The van der Waals surface area contributed by atoms with Gasteiger partial charge in [-0.05, 0) is 49.7 Å². The lowest BCUT2D eigenvalue weighted by Gasteiger charge is -2.36. The number of nitrogens with one attached hydrogen (secondary N) is 2. The number of nitrogens with two attached hydrogens (primary N) is 1. The van der Waals surface area contributed by atoms with E-state index in [1.807, 2.05) is 0 Å². The highest BCUT2D eigenvalue weighted by atomic mass is 32.2. The molecule has 0 aliphatic carbocycles. The molecule has 43 heavy (non-hydrogen) atoms. The summed E-state index contributed by atoms with van der Waals surface area (Å²) < 4.78 is 54.5. The number of methoxy groups -OCH3 is 1. The fourth-order valence-corrected chi connectivity index (χ4v) is 5.75. The van der Waals surface area contributed by atoms with Crippen molar-refractivity contribution < 1.29 is 22.1 Å². The summed E-state index contributed by atoms with van der Waals surface area (Å²) in [6.07, 6.45) is 2.66. The van der Waals surface area contributed by atoms with Crippen molar-refractivity contribution in [3.63, 3.8) is 0 Å². The molecule has 2 aromatic heterocycles. The van der Waals surface area contributed by atoms with Crippen LogP contribution >= 0.6 is 0 Å². The molecule has 1 aliphatic rings. The molecule has 2 aromatic carbocycles. The second kappa shape index (κ2) is 12.9. The number of pyridine rings is 1. The number of benzene rings is 2. The van der Waals surface area contributed by atoms with Gasteiger partial charge < -0.3 is 20.3 Å². The van der Waals surface area contributed by atoms with E-state index in [9.17, 15) is 13.0 Å². The zero-order valence-corrected chi connectivity index (χ0v) is 24.8. The first-order chi connectivity index (χ1) is 20.7. The normalized spacial score (nSPS) is 15.0. The topological polar surface area (TPSA) is 146 Å². The van der Waals surface area contributed by atoms with E-state index in [-0.39, 0.29) is 22.4 Å². The summed E-state index contributed by atoms with van der Waals surface area (Å²) in [5.41, 5.74) is 8.88. The highest BCUT2D eigenvalue weighted by molar-refractivity contribution is 7.86. The minimum absolute atomic E-state index is 0.111. The first-order valence-electron chi connectivity index (χ1n) is 13.6. The van der Waals surface area contributed by atoms with E-state index in [0.29, 0.717) is 52.5 Å². The van der Waals surface area contributed by atoms with Crippen LogP contribution in [-0.2, 0) is 17.5 Å². The van der Waals surface area contributed by atoms with Gasteiger partial charge in [-0.15, -0.1) is 10.2 Å². The van der Waals surface area contributed by atoms with Crippen LogP contribution in [0.3, 0.4) is 0 Å². The minimum Gasteiger partial charge on any atom is -0.480 e. The fourth-order valence-electron chi connectivity index (χ4n) is 4.86. The monoisotopic (exact) mass is 610 g/mol. The van der Waals surface area contributed by atoms with Crippen molar-refractivity contribution in [1.82, 2.24) is 25.0 Å². The highest BCUT2D eigenvalue weighted by Crippen LogP contribution is 2.35. The van der Waals surface area contributed by atoms with Crippen LogP contribution in [0.25, 0.3) is 22.6 Å². The Bertz CT molecular complexity index is 1660. The predicted octanol–water partition coefficient (Wildman–Crippen LogP) is 4.33. The summed E-state index contributed by atoms with van der Waals surface area (Å²) >= 11 is 0. The van der Waals surface area contributed by atoms with Gasteiger partial charge in [0.2, 0.25) is 17.7 Å². The molecule has 0 spiro atoms. The molecule has 0 radical (unpaired) electrons. The number of nitrogens with zero attached hydrogens (tertiary/aromatic N) is 5. The molecule has 1 saturated heterocycles. The highest BCUT2D eigenvalue weighted by Gasteiger charge is 2.22. The van der Waals surface area contributed by atoms with Crippen molar-refractivity contribution in [3.8, 4) is 28.5 Å². The van der Waals surface area contributed by atoms with E-state index in [4.69, 9.17) is 20.3 Å². The van der Waals surface area contributed by atoms with Crippen molar-refractivity contribution in [2.75, 3.05) is 43.7 Å². The Kier molecular flexibility index (Phi) is 9.08. The van der Waals surface area contributed by atoms with Gasteiger partial charge in [0.1, 0.15) is 17.3 Å². The number of ether oxygens (including phenoxy) is 1. The molecule has 4 N–H and O–H groups in total. The van der Waals surface area contributed by atoms with Crippen LogP contribution < -0.4 is 15.2 Å². The third-order valence-electron chi connectivity index (χ3n) is 7.22. The van der Waals surface area contributed by atoms with Gasteiger partial charge in [0.05, 0.1) is 24.1 Å². The van der Waals surface area contributed by atoms with Crippen molar-refractivity contribution in [1.29, 1.82) is 5.41 Å². The standard InChI is InChI=1S/C29H32F2N8O3S/c1-17(2)39-8-6-38(7-9-39)16-27-35-36-28(42-27)21-10-18(11-24(33)22(21)14-32)19-12-25(29(41-3)34-15-19)37-43(40)26-5-4-20(30)13-23(26)31/h4-5,10-15,17,32,37H,6-9,16,33H2,1-3H3. The fraction of sp³-hybridized carbons (Fsp3) is 0.310. The summed E-state index contributed by atoms with van der Waals surface area (Å²) in [5.74, 6) is -0.944. The molecule has 0 saturated carbocycles. The quantitative estimate of drug-likeness (QED) is 0.176. The van der Waals surface area contributed by atoms with Crippen molar-refractivity contribution >= 4 is 28.6 Å². The summed E-state index contributed by atoms with van der Waals surface area (Å²) in [5, 5.41) is 16.5. The van der Waals surface area contributed by atoms with Crippen LogP contribution in [0.1, 0.15) is 25.3 Å². The predicted molar refractivity (Wildman–Crippen MR) is 160 cm³/mol. The molecule has 1 aliphatic heterocycles. The van der Waals surface area contributed by atoms with Crippen LogP contribution in [-0.4, -0.2) is 74.7 Å². The Labute approximate surface area is 250 Å². The van der Waals surface area contributed by atoms with Crippen molar-refractivity contribution in [2.24, 2.45) is 0 Å². The molecular weight excluding hydrogens is 578 g/mol. The molecular formula is C29H32F2N8O3S. The Balaban J connectivity index is 1.42. The lowest BCUT2D eigenvalue weighted by Crippen LogP contribution is -2.48. The van der Waals surface area contributed by atoms with Crippen LogP contribution in [0.4, 0.5) is 20.2 Å². The lowest BCUT2D eigenvalue weighted by atomic mass is 9.98. The lowest BCUT2D eigenvalue weighted by molar-refractivity contribution is 0.0979. The van der Waals surface area contributed by atoms with Gasteiger partial charge in [0, 0.05) is 67.5 Å². The number of hydrogen-bond donors (Lipinski definition) is 3. The van der Waals surface area contributed by atoms with E-state index in [1.54, 1.807) is 18.2 Å². The van der Waals surface area contributed by atoms with Gasteiger partial charge >= 0.3 is 0 Å². The number of anilines is 2. The maximum atomic E-state index is 14.3. The zero-order chi connectivity index (χ0) is 30.7. The molecule has 1 fully saturated rings. The van der Waals surface area contributed by atoms with Gasteiger partial charge in [-0.2, -0.15) is 0 Å². The molecule has 0 bridgehead atoms. The molecule has 226 valence electrons. The van der Waals surface area contributed by atoms with Crippen molar-refractivity contribution in [3.05, 3.63) is 65.7 Å². The minimum atomic E-state index is -2.09. The van der Waals surface area contributed by atoms with E-state index >= 15 is 0 Å². The first-order valence-corrected chi connectivity index (χ1v) is 14.7. The van der Waals surface area contributed by atoms with Crippen LogP contribution in [0.5, 0.6) is 5.88 Å². The Hall–Kier alpha value is -4.27. The average Bonchev–Trinajstić information content (AvgIpc) is 3.45. The number of piperazine rings is 1. The van der Waals surface area contributed by atoms with E-state index in [0.717, 1.165) is 44.5 Å². The summed E-state index contributed by atoms with van der Waals surface area (Å²) in [7, 11) is -0.696. The Morgan fingerprint density at radius 2 is 1.91 bits per heavy atom. The largest absolute Gasteiger partial charge is 0.480 e. The second-order valence-electron chi connectivity index (χ2n) is 10.3. The third kappa shape index (κ3) is 6.71. The molecule has 5 rings (SSSR count). The zero-order valence-electron chi connectivity index (χ0n) is 23.9. The molecule has 11 nitrogen and oxygen atoms in total. The second-order valence-corrected chi connectivity index (χ2v) is 11.5. The van der Waals surface area contributed by atoms with Gasteiger partial charge in [-0.1, -0.05) is 0 Å². The first kappa shape index (κ1) is 30.2. The number of aromatic nitrogens is 3. The van der Waals surface area contributed by atoms with Gasteiger partial charge in [-0.25, -0.2) is 18.0 Å². The van der Waals surface area contributed by atoms with Crippen LogP contribution in [0, 0.1) is 17.0 Å². The Morgan fingerprint density at radius 1 is 1.14 bits per heavy atom. The molecule has 14 heteroatoms. The van der Waals surface area contributed by atoms with Crippen LogP contribution in [0.2, 0.25) is 0 Å². The van der Waals surface area contributed by atoms with E-state index in [1.165, 1.54) is 13.3 Å². The molecule has 1 unspecified atom stereocenters. The Morgan fingerprint density at radius 3 is 2.58 bits per heavy atom. The maximum Gasteiger partial charge on any atom is 0.248 e. The average molecular weight is 611 g/mol. The van der Waals surface area contributed by atoms with E-state index < -0.39 is 22.6 Å². The number of rotatable bonds is 10. The van der Waals surface area contributed by atoms with Gasteiger partial charge in [0.25, 0.3) is 0 Å². The molecule has 1 atom stereocenters. The smallest absolute Gasteiger partial charge is 0.248 e.